The summed E-state index contributed by atoms with van der Waals surface area (Å²) in [5, 5.41) is 30.2. The second-order valence-electron chi connectivity index (χ2n) is 37.5. The van der Waals surface area contributed by atoms with Crippen LogP contribution in [0, 0.1) is 11.8 Å². The lowest BCUT2D eigenvalue weighted by Crippen LogP contribution is -2.47. The standard InChI is InChI=1S/C21H31ClN4O4.2C19H21ClN4O2.2C16H23ClN4O2.C14H18ClN3O/c1-6-13(7-2)26-16-15(14(22)12-23-17(16)24-18(26)27)21(29)8-10-25(11-9-21)19(28)30-20(3,4)5;2*1-3-14(4-2)24-17-15(16(20)11-21-18(17)23-19(24)25)10-22-26-12-13-8-6-5-7-9-13;2*1-5-11(6-2)21-14-12(7-19-23-9-10(3)4)13(17)8-18-15(14)20-16(21)22;1-5-9(6-2)18-12-11(8(3)4)10(15)7-16-13(12)17-14(18)19/h12-13,29H,6-11H2,1-5H3,(H,23,24,27);2*5-11,14H,3-4,12H2,1-2H3,(H,21,23,25);2*7-8,10-11H,5-6,9H2,1-4H3,(H,18,20,22);7,9H,3,5-6H2,1-2,4H3,(H,16,17,19)/b;22-10+;22-10-;19-7+;19-7-;. The summed E-state index contributed by atoms with van der Waals surface area (Å²) in [4.78, 5) is 152. The largest absolute Gasteiger partial charge is 0.444 e. The van der Waals surface area contributed by atoms with Gasteiger partial charge in [0.2, 0.25) is 0 Å². The Balaban J connectivity index is 0.000000181. The van der Waals surface area contributed by atoms with Gasteiger partial charge in [0, 0.05) is 120 Å². The van der Waals surface area contributed by atoms with Crippen LogP contribution in [-0.2, 0) is 42.9 Å². The number of nitrogens with zero attached hydrogens (tertiary/aromatic N) is 17. The summed E-state index contributed by atoms with van der Waals surface area (Å²) in [5.41, 5.74) is 10.7. The fourth-order valence-corrected chi connectivity index (χ4v) is 19.0. The van der Waals surface area contributed by atoms with E-state index in [0.29, 0.717) is 171 Å². The van der Waals surface area contributed by atoms with E-state index in [0.717, 1.165) is 105 Å². The van der Waals surface area contributed by atoms with E-state index in [1.165, 1.54) is 31.0 Å². The number of pyridine rings is 6. The van der Waals surface area contributed by atoms with Crippen molar-refractivity contribution in [3.8, 4) is 0 Å². The Morgan fingerprint density at radius 2 is 0.639 bits per heavy atom. The lowest BCUT2D eigenvalue weighted by molar-refractivity contribution is -0.0349. The van der Waals surface area contributed by atoms with Crippen LogP contribution in [-0.4, -0.2) is 160 Å². The third kappa shape index (κ3) is 28.5. The number of piperidine rings is 1. The molecule has 1 aliphatic rings. The quantitative estimate of drug-likeness (QED) is 0.0142. The van der Waals surface area contributed by atoms with E-state index in [-0.39, 0.29) is 83.2 Å². The highest BCUT2D eigenvalue weighted by Crippen LogP contribution is 2.43. The number of hydrogen-bond donors (Lipinski definition) is 7. The maximum absolute atomic E-state index is 12.7. The van der Waals surface area contributed by atoms with Crippen molar-refractivity contribution in [1.82, 2.24) is 92.1 Å². The average molecular weight is 2140 g/mol. The van der Waals surface area contributed by atoms with Gasteiger partial charge in [-0.15, -0.1) is 0 Å². The van der Waals surface area contributed by atoms with E-state index in [4.69, 9.17) is 93.7 Å². The molecule has 1 fully saturated rings. The maximum atomic E-state index is 12.7. The second-order valence-corrected chi connectivity index (χ2v) is 39.9. The van der Waals surface area contributed by atoms with Crippen molar-refractivity contribution in [2.24, 2.45) is 32.5 Å². The zero-order valence-corrected chi connectivity index (χ0v) is 91.8. The Bertz CT molecular complexity index is 6980. The maximum Gasteiger partial charge on any atom is 0.410 e. The molecule has 0 spiro atoms. The molecule has 36 nitrogen and oxygen atoms in total. The molecule has 0 saturated carbocycles. The Labute approximate surface area is 883 Å². The van der Waals surface area contributed by atoms with Gasteiger partial charge in [-0.05, 0) is 146 Å². The summed E-state index contributed by atoms with van der Waals surface area (Å²) in [6, 6.07) is 19.9. The molecule has 2 aromatic carbocycles. The number of H-pyrrole nitrogens is 6. The number of rotatable bonds is 36. The molecule has 14 aromatic rings. The number of carbonyl (C=O) groups excluding carboxylic acids is 1. The average Bonchev–Trinajstić information content (AvgIpc) is 1.63. The summed E-state index contributed by atoms with van der Waals surface area (Å²) in [6.07, 6.45) is 25.4. The van der Waals surface area contributed by atoms with Crippen LogP contribution in [0.4, 0.5) is 4.79 Å². The number of imidazole rings is 6. The van der Waals surface area contributed by atoms with Gasteiger partial charge in [-0.25, -0.2) is 63.5 Å². The van der Waals surface area contributed by atoms with Crippen LogP contribution < -0.4 is 34.1 Å². The molecule has 1 aliphatic heterocycles. The number of halogens is 6. The van der Waals surface area contributed by atoms with E-state index in [1.54, 1.807) is 63.4 Å². The van der Waals surface area contributed by atoms with E-state index in [1.807, 2.05) is 158 Å². The first-order chi connectivity index (χ1) is 70.3. The molecule has 147 heavy (non-hydrogen) atoms. The fraction of sp³-hybridized carbons (Fsp3) is 0.476. The minimum atomic E-state index is -1.28. The van der Waals surface area contributed by atoms with E-state index in [9.17, 15) is 38.7 Å². The molecule has 1 amide bonds. The number of nitrogens with one attached hydrogen (secondary N) is 6. The predicted molar refractivity (Wildman–Crippen MR) is 590 cm³/mol. The molecule has 13 heterocycles. The summed E-state index contributed by atoms with van der Waals surface area (Å²) >= 11 is 38.0. The number of amides is 1. The van der Waals surface area contributed by atoms with Gasteiger partial charge in [0.25, 0.3) is 0 Å². The molecule has 12 aromatic heterocycles. The summed E-state index contributed by atoms with van der Waals surface area (Å²) < 4.78 is 15.7. The van der Waals surface area contributed by atoms with Gasteiger partial charge in [-0.1, -0.05) is 268 Å². The fourth-order valence-electron chi connectivity index (χ4n) is 17.6. The Morgan fingerprint density at radius 3 is 0.905 bits per heavy atom. The number of fused-ring (bicyclic) bond motifs is 6. The van der Waals surface area contributed by atoms with Crippen molar-refractivity contribution < 1.29 is 34.0 Å². The van der Waals surface area contributed by atoms with Crippen LogP contribution in [0.5, 0.6) is 0 Å². The molecule has 7 N–H and O–H groups in total. The topological polar surface area (TPSA) is 440 Å². The molecule has 1 saturated heterocycles. The third-order valence-electron chi connectivity index (χ3n) is 25.3. The minimum Gasteiger partial charge on any atom is -0.444 e. The number of carbonyl (C=O) groups is 1. The molecule has 0 bridgehead atoms. The highest BCUT2D eigenvalue weighted by molar-refractivity contribution is 6.36. The molecule has 0 atom stereocenters. The number of ether oxygens (including phenoxy) is 1. The molecule has 15 rings (SSSR count). The molecular formula is C105H137Cl6N23O13. The normalized spacial score (nSPS) is 12.9. The number of oxime groups is 4. The first-order valence-electron chi connectivity index (χ1n) is 50.1. The van der Waals surface area contributed by atoms with Gasteiger partial charge in [-0.3, -0.25) is 57.3 Å². The van der Waals surface area contributed by atoms with Crippen LogP contribution in [0.25, 0.3) is 72.6 Å². The first kappa shape index (κ1) is 116. The van der Waals surface area contributed by atoms with Crippen LogP contribution in [0.2, 0.25) is 30.1 Å². The zero-order valence-electron chi connectivity index (χ0n) is 87.2. The van der Waals surface area contributed by atoms with Gasteiger partial charge >= 0.3 is 40.2 Å². The first-order valence-corrected chi connectivity index (χ1v) is 52.3. The summed E-state index contributed by atoms with van der Waals surface area (Å²) in [6.45, 7) is 46.5. The molecule has 42 heteroatoms. The van der Waals surface area contributed by atoms with Crippen molar-refractivity contribution in [2.75, 3.05) is 26.3 Å². The van der Waals surface area contributed by atoms with Crippen LogP contribution in [0.15, 0.2) is 154 Å². The lowest BCUT2D eigenvalue weighted by Gasteiger charge is -2.39. The summed E-state index contributed by atoms with van der Waals surface area (Å²) in [7, 11) is 0. The van der Waals surface area contributed by atoms with Crippen molar-refractivity contribution in [1.29, 1.82) is 0 Å². The van der Waals surface area contributed by atoms with E-state index in [2.05, 4.69) is 129 Å². The van der Waals surface area contributed by atoms with Gasteiger partial charge in [0.1, 0.15) is 32.0 Å². The number of likely N-dealkylation sites (tertiary alicyclic amines) is 1. The Hall–Kier alpha value is -12.5. The molecule has 0 unspecified atom stereocenters. The van der Waals surface area contributed by atoms with E-state index >= 15 is 0 Å². The molecule has 0 aliphatic carbocycles. The highest BCUT2D eigenvalue weighted by Gasteiger charge is 2.41. The minimum absolute atomic E-state index is 0.0317. The number of aliphatic hydroxyl groups is 1. The van der Waals surface area contributed by atoms with Gasteiger partial charge in [0.15, 0.2) is 33.9 Å². The van der Waals surface area contributed by atoms with Crippen molar-refractivity contribution >= 4 is 173 Å². The number of aromatic nitrogens is 18. The van der Waals surface area contributed by atoms with E-state index < -0.39 is 17.3 Å². The van der Waals surface area contributed by atoms with Crippen molar-refractivity contribution in [3.05, 3.63) is 242 Å². The lowest BCUT2D eigenvalue weighted by atomic mass is 9.84. The van der Waals surface area contributed by atoms with Crippen LogP contribution in [0.1, 0.15) is 309 Å². The Kier molecular flexibility index (Phi) is 43.2. The summed E-state index contributed by atoms with van der Waals surface area (Å²) in [5.74, 6) is 0.769. The van der Waals surface area contributed by atoms with Gasteiger partial charge < -0.3 is 34.1 Å². The Morgan fingerprint density at radius 1 is 0.395 bits per heavy atom. The zero-order chi connectivity index (χ0) is 107. The molecular weight excluding hydrogens is 2000 g/mol. The smallest absolute Gasteiger partial charge is 0.410 e. The van der Waals surface area contributed by atoms with Gasteiger partial charge in [0.05, 0.1) is 93.7 Å². The molecule has 0 radical (unpaired) electrons. The number of hydrogen-bond acceptors (Lipinski definition) is 23. The number of aromatic amines is 6. The predicted octanol–water partition coefficient (Wildman–Crippen LogP) is 23.8. The monoisotopic (exact) mass is 2140 g/mol. The van der Waals surface area contributed by atoms with Gasteiger partial charge in [-0.2, -0.15) is 0 Å². The van der Waals surface area contributed by atoms with Crippen LogP contribution in [0.3, 0.4) is 0 Å². The highest BCUT2D eigenvalue weighted by atomic mass is 35.5. The third-order valence-corrected chi connectivity index (χ3v) is 27.0. The van der Waals surface area contributed by atoms with Crippen molar-refractivity contribution in [3.63, 3.8) is 0 Å². The van der Waals surface area contributed by atoms with Crippen LogP contribution >= 0.6 is 69.6 Å². The number of benzene rings is 2. The number of allylic oxidation sites excluding steroid dienone is 1. The molecule has 792 valence electrons. The van der Waals surface area contributed by atoms with Crippen molar-refractivity contribution in [2.45, 2.75) is 289 Å². The second kappa shape index (κ2) is 54.5. The SMILES string of the molecule is C=C(C)c1c(Cl)cnc2[nH]c(=O)n(C(CC)CC)c12.CCC(CC)n1c(=O)[nH]c2ncc(Cl)c(/C=N/OCC(C)C)c21.CCC(CC)n1c(=O)[nH]c2ncc(Cl)c(/C=N/OCc3ccccc3)c21.CCC(CC)n1c(=O)[nH]c2ncc(Cl)c(/C=N\OCC(C)C)c21.CCC(CC)n1c(=O)[nH]c2ncc(Cl)c(/C=N\OCc3ccccc3)c21.CCC(CC)n1c(=O)[nH]c2ncc(Cl)c(C3(O)CCN(C(=O)OC(C)(C)C)CC3)c21.